The van der Waals surface area contributed by atoms with Gasteiger partial charge in [-0.05, 0) is 25.8 Å². The Morgan fingerprint density at radius 2 is 2.15 bits per heavy atom. The number of hydrogen-bond donors (Lipinski definition) is 2. The largest absolute Gasteiger partial charge is 0.406 e. The summed E-state index contributed by atoms with van der Waals surface area (Å²) in [6.07, 6.45) is -1.98. The van der Waals surface area contributed by atoms with Gasteiger partial charge in [0.05, 0.1) is 0 Å². The lowest BCUT2D eigenvalue weighted by Gasteiger charge is -2.19. The molecule has 5 nitrogen and oxygen atoms in total. The van der Waals surface area contributed by atoms with Crippen molar-refractivity contribution in [1.29, 1.82) is 0 Å². The normalized spacial score (nSPS) is 27.1. The molecule has 0 aromatic heterocycles. The van der Waals surface area contributed by atoms with E-state index >= 15 is 0 Å². The molecule has 114 valence electrons. The quantitative estimate of drug-likeness (QED) is 0.789. The number of carbonyl (C=O) groups excluding carboxylic acids is 2. The molecule has 2 unspecified atom stereocenters. The summed E-state index contributed by atoms with van der Waals surface area (Å²) in [5.74, 6) is -0.924. The van der Waals surface area contributed by atoms with Crippen LogP contribution in [0.15, 0.2) is 0 Å². The summed E-state index contributed by atoms with van der Waals surface area (Å²) in [6, 6.07) is -0.705. The lowest BCUT2D eigenvalue weighted by atomic mass is 10.1. The Kier molecular flexibility index (Phi) is 4.52. The minimum absolute atomic E-state index is 0.0327. The Hall–Kier alpha value is -1.31. The number of halogens is 3. The van der Waals surface area contributed by atoms with E-state index in [1.54, 1.807) is 0 Å². The third-order valence-corrected chi connectivity index (χ3v) is 3.60. The van der Waals surface area contributed by atoms with Gasteiger partial charge in [0.1, 0.15) is 12.6 Å². The Morgan fingerprint density at radius 1 is 1.40 bits per heavy atom. The molecule has 20 heavy (non-hydrogen) atoms. The predicted molar refractivity (Wildman–Crippen MR) is 64.8 cm³/mol. The minimum atomic E-state index is -4.40. The van der Waals surface area contributed by atoms with Crippen molar-refractivity contribution in [2.45, 2.75) is 43.9 Å². The number of carbonyl (C=O) groups is 2. The zero-order valence-corrected chi connectivity index (χ0v) is 11.0. The lowest BCUT2D eigenvalue weighted by Crippen LogP contribution is -2.44. The molecular weight excluding hydrogens is 275 g/mol. The fraction of sp³-hybridized carbons (Fsp3) is 0.833. The van der Waals surface area contributed by atoms with E-state index in [9.17, 15) is 22.8 Å². The van der Waals surface area contributed by atoms with Crippen molar-refractivity contribution in [1.82, 2.24) is 15.5 Å². The van der Waals surface area contributed by atoms with Crippen LogP contribution >= 0.6 is 0 Å². The molecule has 0 bridgehead atoms. The van der Waals surface area contributed by atoms with E-state index < -0.39 is 24.7 Å². The lowest BCUT2D eigenvalue weighted by molar-refractivity contribution is -0.158. The average molecular weight is 293 g/mol. The standard InChI is InChI=1S/C12H18F3N3O2/c13-12(14,15)7-18-5-3-9(11(18)20)17-10(19)6-8-2-1-4-16-8/h8-9,16H,1-7H2,(H,17,19). The number of rotatable bonds is 4. The fourth-order valence-corrected chi connectivity index (χ4v) is 2.65. The van der Waals surface area contributed by atoms with Gasteiger partial charge in [0.2, 0.25) is 11.8 Å². The third-order valence-electron chi connectivity index (χ3n) is 3.60. The van der Waals surface area contributed by atoms with Crippen LogP contribution in [0.1, 0.15) is 25.7 Å². The van der Waals surface area contributed by atoms with Crippen LogP contribution in [0.25, 0.3) is 0 Å². The molecule has 2 aliphatic heterocycles. The highest BCUT2D eigenvalue weighted by Gasteiger charge is 2.39. The molecule has 2 atom stereocenters. The number of nitrogens with one attached hydrogen (secondary N) is 2. The molecule has 0 aliphatic carbocycles. The van der Waals surface area contributed by atoms with Crippen LogP contribution in [0.5, 0.6) is 0 Å². The highest BCUT2D eigenvalue weighted by molar-refractivity contribution is 5.89. The second-order valence-corrected chi connectivity index (χ2v) is 5.28. The van der Waals surface area contributed by atoms with Crippen molar-refractivity contribution in [2.75, 3.05) is 19.6 Å². The topological polar surface area (TPSA) is 61.4 Å². The number of alkyl halides is 3. The molecular formula is C12H18F3N3O2. The molecule has 2 N–H and O–H groups in total. The van der Waals surface area contributed by atoms with Gasteiger partial charge in [0, 0.05) is 19.0 Å². The Balaban J connectivity index is 1.79. The molecule has 0 radical (unpaired) electrons. The maximum Gasteiger partial charge on any atom is 0.406 e. The maximum atomic E-state index is 12.3. The van der Waals surface area contributed by atoms with Crippen LogP contribution in [-0.2, 0) is 9.59 Å². The van der Waals surface area contributed by atoms with Crippen LogP contribution in [0, 0.1) is 0 Å². The number of likely N-dealkylation sites (tertiary alicyclic amines) is 1. The molecule has 2 aliphatic rings. The van der Waals surface area contributed by atoms with Gasteiger partial charge in [0.15, 0.2) is 0 Å². The number of amides is 2. The van der Waals surface area contributed by atoms with Gasteiger partial charge >= 0.3 is 6.18 Å². The molecule has 0 aromatic rings. The van der Waals surface area contributed by atoms with E-state index in [1.165, 1.54) is 0 Å². The maximum absolute atomic E-state index is 12.3. The first-order valence-electron chi connectivity index (χ1n) is 6.73. The van der Waals surface area contributed by atoms with Gasteiger partial charge in [-0.2, -0.15) is 13.2 Å². The molecule has 0 aromatic carbocycles. The summed E-state index contributed by atoms with van der Waals surface area (Å²) in [5, 5.41) is 5.69. The van der Waals surface area contributed by atoms with Crippen LogP contribution in [-0.4, -0.2) is 54.6 Å². The molecule has 2 heterocycles. The van der Waals surface area contributed by atoms with E-state index in [1.807, 2.05) is 0 Å². The zero-order chi connectivity index (χ0) is 14.8. The first-order chi connectivity index (χ1) is 9.35. The number of nitrogens with zero attached hydrogens (tertiary/aromatic N) is 1. The second-order valence-electron chi connectivity index (χ2n) is 5.28. The third kappa shape index (κ3) is 4.09. The molecule has 2 rings (SSSR count). The van der Waals surface area contributed by atoms with Gasteiger partial charge in [-0.1, -0.05) is 0 Å². The molecule has 2 amide bonds. The van der Waals surface area contributed by atoms with E-state index in [0.29, 0.717) is 0 Å². The zero-order valence-electron chi connectivity index (χ0n) is 11.0. The van der Waals surface area contributed by atoms with Crippen LogP contribution in [0.2, 0.25) is 0 Å². The second kappa shape index (κ2) is 5.99. The van der Waals surface area contributed by atoms with E-state index in [-0.39, 0.29) is 31.3 Å². The van der Waals surface area contributed by atoms with Gasteiger partial charge in [0.25, 0.3) is 0 Å². The molecule has 8 heteroatoms. The van der Waals surface area contributed by atoms with Crippen molar-refractivity contribution in [3.8, 4) is 0 Å². The first-order valence-corrected chi connectivity index (χ1v) is 6.73. The Morgan fingerprint density at radius 3 is 2.75 bits per heavy atom. The van der Waals surface area contributed by atoms with Crippen LogP contribution < -0.4 is 10.6 Å². The van der Waals surface area contributed by atoms with E-state index in [0.717, 1.165) is 24.3 Å². The van der Waals surface area contributed by atoms with Crippen molar-refractivity contribution >= 4 is 11.8 Å². The van der Waals surface area contributed by atoms with Crippen molar-refractivity contribution in [3.05, 3.63) is 0 Å². The Labute approximate surface area is 114 Å². The van der Waals surface area contributed by atoms with E-state index in [4.69, 9.17) is 0 Å². The predicted octanol–water partition coefficient (Wildman–Crippen LogP) is 0.408. The highest BCUT2D eigenvalue weighted by atomic mass is 19.4. The summed E-state index contributed by atoms with van der Waals surface area (Å²) in [7, 11) is 0. The van der Waals surface area contributed by atoms with Crippen molar-refractivity contribution < 1.29 is 22.8 Å². The first kappa shape index (κ1) is 15.1. The number of hydrogen-bond acceptors (Lipinski definition) is 3. The summed E-state index contributed by atoms with van der Waals surface area (Å²) >= 11 is 0. The van der Waals surface area contributed by atoms with Crippen molar-refractivity contribution in [3.63, 3.8) is 0 Å². The van der Waals surface area contributed by atoms with Gasteiger partial charge in [-0.3, -0.25) is 9.59 Å². The van der Waals surface area contributed by atoms with E-state index in [2.05, 4.69) is 10.6 Å². The Bertz CT molecular complexity index is 381. The average Bonchev–Trinajstić information content (AvgIpc) is 2.92. The molecule has 0 saturated carbocycles. The molecule has 2 saturated heterocycles. The smallest absolute Gasteiger partial charge is 0.344 e. The van der Waals surface area contributed by atoms with Crippen LogP contribution in [0.3, 0.4) is 0 Å². The molecule has 2 fully saturated rings. The van der Waals surface area contributed by atoms with Gasteiger partial charge in [-0.25, -0.2) is 0 Å². The minimum Gasteiger partial charge on any atom is -0.344 e. The SMILES string of the molecule is O=C(CC1CCCN1)NC1CCN(CC(F)(F)F)C1=O. The van der Waals surface area contributed by atoms with Crippen LogP contribution in [0.4, 0.5) is 13.2 Å². The monoisotopic (exact) mass is 293 g/mol. The highest BCUT2D eigenvalue weighted by Crippen LogP contribution is 2.21. The molecule has 0 spiro atoms. The fourth-order valence-electron chi connectivity index (χ4n) is 2.65. The van der Waals surface area contributed by atoms with Gasteiger partial charge < -0.3 is 15.5 Å². The summed E-state index contributed by atoms with van der Waals surface area (Å²) in [6.45, 7) is -0.340. The van der Waals surface area contributed by atoms with Crippen molar-refractivity contribution in [2.24, 2.45) is 0 Å². The summed E-state index contributed by atoms with van der Waals surface area (Å²) in [5.41, 5.74) is 0. The summed E-state index contributed by atoms with van der Waals surface area (Å²) in [4.78, 5) is 24.2. The van der Waals surface area contributed by atoms with Gasteiger partial charge in [-0.15, -0.1) is 0 Å². The summed E-state index contributed by atoms with van der Waals surface area (Å²) < 4.78 is 36.8.